The highest BCUT2D eigenvalue weighted by atomic mass is 16.7. The Hall–Kier alpha value is -0.770. The van der Waals surface area contributed by atoms with Crippen molar-refractivity contribution in [2.24, 2.45) is 0 Å². The number of aliphatic hydroxyl groups is 1. The summed E-state index contributed by atoms with van der Waals surface area (Å²) in [6.45, 7) is 1.82. The molecule has 0 saturated heterocycles. The van der Waals surface area contributed by atoms with Crippen molar-refractivity contribution >= 4 is 6.16 Å². The Bertz CT molecular complexity index is 99.9. The number of hydrogen-bond acceptors (Lipinski definition) is 4. The van der Waals surface area contributed by atoms with Crippen LogP contribution in [0.25, 0.3) is 0 Å². The van der Waals surface area contributed by atoms with E-state index in [1.807, 2.05) is 0 Å². The minimum Gasteiger partial charge on any atom is -0.438 e. The first-order chi connectivity index (χ1) is 4.66. The third kappa shape index (κ3) is 5.37. The lowest BCUT2D eigenvalue weighted by molar-refractivity contribution is 0.0596. The van der Waals surface area contributed by atoms with Gasteiger partial charge in [0.05, 0.1) is 19.8 Å². The molecular formula is C6H12O4. The molecule has 1 N–H and O–H groups in total. The number of hydrogen-bond donors (Lipinski definition) is 1. The third-order valence-electron chi connectivity index (χ3n) is 0.922. The number of rotatable bonds is 3. The van der Waals surface area contributed by atoms with Gasteiger partial charge in [0.15, 0.2) is 0 Å². The van der Waals surface area contributed by atoms with Gasteiger partial charge in [-0.25, -0.2) is 4.79 Å². The zero-order valence-corrected chi connectivity index (χ0v) is 6.16. The van der Waals surface area contributed by atoms with E-state index in [9.17, 15) is 4.79 Å². The number of methoxy groups -OCH3 is 1. The molecule has 0 aliphatic carbocycles. The highest BCUT2D eigenvalue weighted by Gasteiger charge is 2.00. The lowest BCUT2D eigenvalue weighted by Crippen LogP contribution is -2.10. The maximum Gasteiger partial charge on any atom is 0.507 e. The van der Waals surface area contributed by atoms with Gasteiger partial charge in [0.1, 0.15) is 0 Å². The lowest BCUT2D eigenvalue weighted by atomic mass is 10.3. The van der Waals surface area contributed by atoms with Crippen LogP contribution in [0.15, 0.2) is 0 Å². The standard InChI is InChI=1S/C6H12O4/c1-5(7)3-4-10-6(8)9-2/h5,7H,3-4H2,1-2H3. The molecule has 1 unspecified atom stereocenters. The Morgan fingerprint density at radius 2 is 2.30 bits per heavy atom. The van der Waals surface area contributed by atoms with E-state index in [1.54, 1.807) is 6.92 Å². The summed E-state index contributed by atoms with van der Waals surface area (Å²) in [4.78, 5) is 10.3. The molecule has 0 aliphatic rings. The van der Waals surface area contributed by atoms with Crippen molar-refractivity contribution in [2.75, 3.05) is 13.7 Å². The number of carbonyl (C=O) groups is 1. The summed E-state index contributed by atoms with van der Waals surface area (Å²) in [6, 6.07) is 0. The van der Waals surface area contributed by atoms with Crippen molar-refractivity contribution in [3.05, 3.63) is 0 Å². The minimum atomic E-state index is -0.708. The van der Waals surface area contributed by atoms with Gasteiger partial charge in [-0.15, -0.1) is 0 Å². The van der Waals surface area contributed by atoms with Crippen LogP contribution < -0.4 is 0 Å². The Morgan fingerprint density at radius 3 is 2.70 bits per heavy atom. The van der Waals surface area contributed by atoms with E-state index in [0.29, 0.717) is 6.42 Å². The van der Waals surface area contributed by atoms with E-state index in [1.165, 1.54) is 7.11 Å². The molecule has 0 aromatic heterocycles. The summed E-state index contributed by atoms with van der Waals surface area (Å²) < 4.78 is 8.67. The van der Waals surface area contributed by atoms with Gasteiger partial charge in [-0.1, -0.05) is 0 Å². The minimum absolute atomic E-state index is 0.199. The van der Waals surface area contributed by atoms with E-state index < -0.39 is 12.3 Å². The second kappa shape index (κ2) is 5.05. The average molecular weight is 148 g/mol. The number of carbonyl (C=O) groups excluding carboxylic acids is 1. The molecule has 0 aromatic carbocycles. The number of aliphatic hydroxyl groups excluding tert-OH is 1. The monoisotopic (exact) mass is 148 g/mol. The normalized spacial score (nSPS) is 12.3. The van der Waals surface area contributed by atoms with Gasteiger partial charge in [-0.05, 0) is 6.92 Å². The second-order valence-corrected chi connectivity index (χ2v) is 1.94. The molecule has 0 aliphatic heterocycles. The van der Waals surface area contributed by atoms with Crippen LogP contribution in [0.1, 0.15) is 13.3 Å². The molecule has 0 fully saturated rings. The fraction of sp³-hybridized carbons (Fsp3) is 0.833. The summed E-state index contributed by atoms with van der Waals surface area (Å²) in [5.41, 5.74) is 0. The van der Waals surface area contributed by atoms with E-state index in [4.69, 9.17) is 5.11 Å². The van der Waals surface area contributed by atoms with E-state index in [-0.39, 0.29) is 6.61 Å². The van der Waals surface area contributed by atoms with Crippen molar-refractivity contribution in [1.82, 2.24) is 0 Å². The van der Waals surface area contributed by atoms with Crippen molar-refractivity contribution < 1.29 is 19.4 Å². The molecule has 0 aromatic rings. The van der Waals surface area contributed by atoms with Gasteiger partial charge in [-0.2, -0.15) is 0 Å². The van der Waals surface area contributed by atoms with Gasteiger partial charge >= 0.3 is 6.16 Å². The maximum absolute atomic E-state index is 10.3. The van der Waals surface area contributed by atoms with Crippen LogP contribution in [0.2, 0.25) is 0 Å². The maximum atomic E-state index is 10.3. The van der Waals surface area contributed by atoms with E-state index in [2.05, 4.69) is 9.47 Å². The molecule has 4 nitrogen and oxygen atoms in total. The summed E-state index contributed by atoms with van der Waals surface area (Å²) >= 11 is 0. The summed E-state index contributed by atoms with van der Waals surface area (Å²) in [5.74, 6) is 0. The van der Waals surface area contributed by atoms with Gasteiger partial charge in [0.2, 0.25) is 0 Å². The smallest absolute Gasteiger partial charge is 0.438 e. The Balaban J connectivity index is 3.12. The van der Waals surface area contributed by atoms with Crippen LogP contribution in [0, 0.1) is 0 Å². The molecule has 0 radical (unpaired) electrons. The van der Waals surface area contributed by atoms with Crippen LogP contribution in [0.5, 0.6) is 0 Å². The Morgan fingerprint density at radius 1 is 1.70 bits per heavy atom. The molecule has 0 bridgehead atoms. The predicted octanol–water partition coefficient (Wildman–Crippen LogP) is 0.540. The molecule has 4 heteroatoms. The first kappa shape index (κ1) is 9.23. The Kier molecular flexibility index (Phi) is 4.66. The van der Waals surface area contributed by atoms with Crippen LogP contribution in [0.3, 0.4) is 0 Å². The zero-order valence-electron chi connectivity index (χ0n) is 6.16. The van der Waals surface area contributed by atoms with Gasteiger partial charge in [0.25, 0.3) is 0 Å². The fourth-order valence-electron chi connectivity index (χ4n) is 0.372. The van der Waals surface area contributed by atoms with Crippen molar-refractivity contribution in [2.45, 2.75) is 19.4 Å². The molecule has 0 heterocycles. The molecule has 0 saturated carbocycles. The molecular weight excluding hydrogens is 136 g/mol. The van der Waals surface area contributed by atoms with E-state index >= 15 is 0 Å². The topological polar surface area (TPSA) is 55.8 Å². The number of ether oxygens (including phenoxy) is 2. The first-order valence-corrected chi connectivity index (χ1v) is 3.05. The fourth-order valence-corrected chi connectivity index (χ4v) is 0.372. The zero-order chi connectivity index (χ0) is 7.98. The predicted molar refractivity (Wildman–Crippen MR) is 34.7 cm³/mol. The van der Waals surface area contributed by atoms with Gasteiger partial charge in [0, 0.05) is 6.42 Å². The summed E-state index contributed by atoms with van der Waals surface area (Å²) in [7, 11) is 1.24. The van der Waals surface area contributed by atoms with Crippen molar-refractivity contribution in [3.63, 3.8) is 0 Å². The van der Waals surface area contributed by atoms with Crippen LogP contribution in [-0.4, -0.2) is 31.1 Å². The second-order valence-electron chi connectivity index (χ2n) is 1.94. The van der Waals surface area contributed by atoms with Crippen LogP contribution in [-0.2, 0) is 9.47 Å². The lowest BCUT2D eigenvalue weighted by Gasteiger charge is -2.03. The highest BCUT2D eigenvalue weighted by Crippen LogP contribution is 1.91. The quantitative estimate of drug-likeness (QED) is 0.593. The van der Waals surface area contributed by atoms with Crippen molar-refractivity contribution in [3.8, 4) is 0 Å². The molecule has 0 spiro atoms. The summed E-state index contributed by atoms with van der Waals surface area (Å²) in [5, 5.41) is 8.71. The third-order valence-corrected chi connectivity index (χ3v) is 0.922. The molecule has 0 amide bonds. The van der Waals surface area contributed by atoms with Crippen LogP contribution >= 0.6 is 0 Å². The largest absolute Gasteiger partial charge is 0.507 e. The average Bonchev–Trinajstić information content (AvgIpc) is 1.87. The molecule has 1 atom stereocenters. The Labute approximate surface area is 59.7 Å². The van der Waals surface area contributed by atoms with Crippen LogP contribution in [0.4, 0.5) is 4.79 Å². The van der Waals surface area contributed by atoms with Crippen molar-refractivity contribution in [1.29, 1.82) is 0 Å². The summed E-state index contributed by atoms with van der Waals surface area (Å²) in [6.07, 6.45) is -0.708. The van der Waals surface area contributed by atoms with Gasteiger partial charge < -0.3 is 14.6 Å². The molecule has 10 heavy (non-hydrogen) atoms. The molecule has 0 rings (SSSR count). The van der Waals surface area contributed by atoms with Gasteiger partial charge in [-0.3, -0.25) is 0 Å². The SMILES string of the molecule is COC(=O)OCCC(C)O. The highest BCUT2D eigenvalue weighted by molar-refractivity contribution is 5.59. The van der Waals surface area contributed by atoms with E-state index in [0.717, 1.165) is 0 Å². The first-order valence-electron chi connectivity index (χ1n) is 3.05. The molecule has 60 valence electrons.